The molecule has 2 heterocycles. The second-order valence-corrected chi connectivity index (χ2v) is 6.01. The van der Waals surface area contributed by atoms with Crippen LogP contribution in [0.15, 0.2) is 48.5 Å². The molecule has 0 saturated carbocycles. The molecule has 0 bridgehead atoms. The Morgan fingerprint density at radius 1 is 1.13 bits per heavy atom. The van der Waals surface area contributed by atoms with Crippen LogP contribution in [0.25, 0.3) is 16.9 Å². The summed E-state index contributed by atoms with van der Waals surface area (Å²) < 4.78 is 16.1. The van der Waals surface area contributed by atoms with Gasteiger partial charge in [0.15, 0.2) is 0 Å². The molecular formula is C18H15ClFN3. The maximum atomic E-state index is 14.2. The van der Waals surface area contributed by atoms with Gasteiger partial charge in [-0.1, -0.05) is 29.8 Å². The average Bonchev–Trinajstić information content (AvgIpc) is 2.95. The van der Waals surface area contributed by atoms with Crippen LogP contribution in [0.5, 0.6) is 0 Å². The van der Waals surface area contributed by atoms with E-state index in [1.54, 1.807) is 12.1 Å². The van der Waals surface area contributed by atoms with Crippen LogP contribution < -0.4 is 5.32 Å². The van der Waals surface area contributed by atoms with Crippen molar-refractivity contribution in [1.29, 1.82) is 0 Å². The molecule has 3 nitrogen and oxygen atoms in total. The van der Waals surface area contributed by atoms with Crippen molar-refractivity contribution in [2.75, 3.05) is 6.54 Å². The van der Waals surface area contributed by atoms with E-state index in [4.69, 9.17) is 16.7 Å². The van der Waals surface area contributed by atoms with Crippen molar-refractivity contribution in [3.63, 3.8) is 0 Å². The van der Waals surface area contributed by atoms with E-state index in [0.29, 0.717) is 22.8 Å². The predicted octanol–water partition coefficient (Wildman–Crippen LogP) is 3.98. The summed E-state index contributed by atoms with van der Waals surface area (Å²) in [6.45, 7) is 1.58. The van der Waals surface area contributed by atoms with Gasteiger partial charge in [0.1, 0.15) is 11.5 Å². The largest absolute Gasteiger partial charge is 0.312 e. The first-order chi connectivity index (χ1) is 11.2. The van der Waals surface area contributed by atoms with Crippen molar-refractivity contribution >= 4 is 11.6 Å². The molecule has 0 atom stereocenters. The standard InChI is InChI=1S/C18H15ClFN3/c19-12-4-3-5-13(10-12)23-17-8-9-21-11-15(17)18(22-23)14-6-1-2-7-16(14)20/h1-7,10,21H,8-9,11H2. The lowest BCUT2D eigenvalue weighted by Crippen LogP contribution is -2.24. The molecule has 0 saturated heterocycles. The van der Waals surface area contributed by atoms with Gasteiger partial charge in [0.2, 0.25) is 0 Å². The summed E-state index contributed by atoms with van der Waals surface area (Å²) in [5, 5.41) is 8.72. The number of hydrogen-bond acceptors (Lipinski definition) is 2. The Bertz CT molecular complexity index is 872. The van der Waals surface area contributed by atoms with Gasteiger partial charge in [0, 0.05) is 35.7 Å². The number of aromatic nitrogens is 2. The van der Waals surface area contributed by atoms with Gasteiger partial charge in [0.05, 0.1) is 11.4 Å². The highest BCUT2D eigenvalue weighted by atomic mass is 35.5. The summed E-state index contributed by atoms with van der Waals surface area (Å²) in [7, 11) is 0. The van der Waals surface area contributed by atoms with Gasteiger partial charge in [-0.25, -0.2) is 9.07 Å². The summed E-state index contributed by atoms with van der Waals surface area (Å²) in [5.41, 5.74) is 4.31. The maximum absolute atomic E-state index is 14.2. The van der Waals surface area contributed by atoms with Crippen molar-refractivity contribution in [2.24, 2.45) is 0 Å². The maximum Gasteiger partial charge on any atom is 0.132 e. The minimum Gasteiger partial charge on any atom is -0.312 e. The van der Waals surface area contributed by atoms with Crippen molar-refractivity contribution in [1.82, 2.24) is 15.1 Å². The summed E-state index contributed by atoms with van der Waals surface area (Å²) in [4.78, 5) is 0. The molecule has 0 radical (unpaired) electrons. The first kappa shape index (κ1) is 14.4. The summed E-state index contributed by atoms with van der Waals surface area (Å²) in [5.74, 6) is -0.253. The third-order valence-corrected chi connectivity index (χ3v) is 4.35. The Hall–Kier alpha value is -2.17. The summed E-state index contributed by atoms with van der Waals surface area (Å²) >= 11 is 6.11. The Kier molecular flexibility index (Phi) is 3.63. The molecule has 1 aliphatic rings. The number of halogens is 2. The molecule has 1 N–H and O–H groups in total. The predicted molar refractivity (Wildman–Crippen MR) is 89.4 cm³/mol. The molecule has 3 aromatic rings. The fraction of sp³-hybridized carbons (Fsp3) is 0.167. The van der Waals surface area contributed by atoms with E-state index < -0.39 is 0 Å². The first-order valence-electron chi connectivity index (χ1n) is 7.56. The van der Waals surface area contributed by atoms with E-state index in [0.717, 1.165) is 29.9 Å². The Morgan fingerprint density at radius 2 is 2.00 bits per heavy atom. The SMILES string of the molecule is Fc1ccccc1-c1nn(-c2cccc(Cl)c2)c2c1CNCC2. The molecule has 0 aliphatic carbocycles. The Balaban J connectivity index is 1.94. The van der Waals surface area contributed by atoms with Crippen LogP contribution in [0, 0.1) is 5.82 Å². The lowest BCUT2D eigenvalue weighted by Gasteiger charge is -2.16. The fourth-order valence-electron chi connectivity index (χ4n) is 3.04. The van der Waals surface area contributed by atoms with E-state index >= 15 is 0 Å². The quantitative estimate of drug-likeness (QED) is 0.771. The average molecular weight is 328 g/mol. The van der Waals surface area contributed by atoms with Crippen LogP contribution in [-0.2, 0) is 13.0 Å². The van der Waals surface area contributed by atoms with Crippen molar-refractivity contribution < 1.29 is 4.39 Å². The van der Waals surface area contributed by atoms with Gasteiger partial charge in [-0.2, -0.15) is 5.10 Å². The minimum absolute atomic E-state index is 0.253. The van der Waals surface area contributed by atoms with Crippen molar-refractivity contribution in [3.8, 4) is 16.9 Å². The first-order valence-corrected chi connectivity index (χ1v) is 7.94. The number of nitrogens with zero attached hydrogens (tertiary/aromatic N) is 2. The molecule has 116 valence electrons. The monoisotopic (exact) mass is 327 g/mol. The molecule has 0 spiro atoms. The van der Waals surface area contributed by atoms with Crippen molar-refractivity contribution in [3.05, 3.63) is 70.6 Å². The molecule has 4 rings (SSSR count). The molecule has 2 aromatic carbocycles. The summed E-state index contributed by atoms with van der Waals surface area (Å²) in [6, 6.07) is 14.3. The van der Waals surface area contributed by atoms with Crippen LogP contribution in [0.3, 0.4) is 0 Å². The highest BCUT2D eigenvalue weighted by molar-refractivity contribution is 6.30. The second kappa shape index (κ2) is 5.80. The van der Waals surface area contributed by atoms with Gasteiger partial charge in [-0.15, -0.1) is 0 Å². The van der Waals surface area contributed by atoms with Gasteiger partial charge < -0.3 is 5.32 Å². The van der Waals surface area contributed by atoms with E-state index in [2.05, 4.69) is 5.32 Å². The van der Waals surface area contributed by atoms with Crippen LogP contribution in [0.4, 0.5) is 4.39 Å². The minimum atomic E-state index is -0.253. The molecule has 1 aromatic heterocycles. The topological polar surface area (TPSA) is 29.9 Å². The normalized spacial score (nSPS) is 13.8. The number of rotatable bonds is 2. The van der Waals surface area contributed by atoms with E-state index in [1.807, 2.05) is 35.0 Å². The fourth-order valence-corrected chi connectivity index (χ4v) is 3.22. The summed E-state index contributed by atoms with van der Waals surface area (Å²) in [6.07, 6.45) is 0.850. The zero-order valence-corrected chi connectivity index (χ0v) is 13.1. The zero-order chi connectivity index (χ0) is 15.8. The van der Waals surface area contributed by atoms with Gasteiger partial charge in [-0.05, 0) is 30.3 Å². The molecule has 0 fully saturated rings. The number of nitrogens with one attached hydrogen (secondary N) is 1. The van der Waals surface area contributed by atoms with E-state index in [9.17, 15) is 4.39 Å². The molecule has 23 heavy (non-hydrogen) atoms. The highest BCUT2D eigenvalue weighted by Gasteiger charge is 2.23. The number of benzene rings is 2. The van der Waals surface area contributed by atoms with Gasteiger partial charge in [-0.3, -0.25) is 0 Å². The number of fused-ring (bicyclic) bond motifs is 1. The highest BCUT2D eigenvalue weighted by Crippen LogP contribution is 2.31. The van der Waals surface area contributed by atoms with Gasteiger partial charge >= 0.3 is 0 Å². The zero-order valence-electron chi connectivity index (χ0n) is 12.4. The van der Waals surface area contributed by atoms with E-state index in [-0.39, 0.29) is 5.82 Å². The smallest absolute Gasteiger partial charge is 0.132 e. The van der Waals surface area contributed by atoms with Crippen LogP contribution in [0.2, 0.25) is 5.02 Å². The third-order valence-electron chi connectivity index (χ3n) is 4.11. The second-order valence-electron chi connectivity index (χ2n) is 5.57. The van der Waals surface area contributed by atoms with Crippen molar-refractivity contribution in [2.45, 2.75) is 13.0 Å². The molecule has 0 unspecified atom stereocenters. The lowest BCUT2D eigenvalue weighted by atomic mass is 10.0. The van der Waals surface area contributed by atoms with Gasteiger partial charge in [0.25, 0.3) is 0 Å². The Labute approximate surface area is 138 Å². The van der Waals surface area contributed by atoms with Crippen LogP contribution in [-0.4, -0.2) is 16.3 Å². The third kappa shape index (κ3) is 2.54. The number of hydrogen-bond donors (Lipinski definition) is 1. The molecule has 5 heteroatoms. The Morgan fingerprint density at radius 3 is 2.83 bits per heavy atom. The lowest BCUT2D eigenvalue weighted by molar-refractivity contribution is 0.621. The molecule has 0 amide bonds. The van der Waals surface area contributed by atoms with E-state index in [1.165, 1.54) is 6.07 Å². The van der Waals surface area contributed by atoms with Crippen LogP contribution >= 0.6 is 11.6 Å². The molecule has 1 aliphatic heterocycles. The molecular weight excluding hydrogens is 313 g/mol. The van der Waals surface area contributed by atoms with Crippen LogP contribution in [0.1, 0.15) is 11.3 Å².